The highest BCUT2D eigenvalue weighted by molar-refractivity contribution is 5.73. The summed E-state index contributed by atoms with van der Waals surface area (Å²) in [6.45, 7) is 0. The zero-order valence-corrected chi connectivity index (χ0v) is 6.97. The van der Waals surface area contributed by atoms with Gasteiger partial charge in [0.1, 0.15) is 11.8 Å². The van der Waals surface area contributed by atoms with Crippen molar-refractivity contribution in [3.8, 4) is 5.75 Å². The third-order valence-electron chi connectivity index (χ3n) is 1.68. The Morgan fingerprint density at radius 3 is 2.77 bits per heavy atom. The molecule has 1 rings (SSSR count). The van der Waals surface area contributed by atoms with Gasteiger partial charge in [0.2, 0.25) is 0 Å². The highest BCUT2D eigenvalue weighted by Crippen LogP contribution is 2.11. The van der Waals surface area contributed by atoms with E-state index in [-0.39, 0.29) is 12.2 Å². The van der Waals surface area contributed by atoms with Crippen LogP contribution in [0, 0.1) is 0 Å². The smallest absolute Gasteiger partial charge is 0.320 e. The van der Waals surface area contributed by atoms with Crippen molar-refractivity contribution in [2.45, 2.75) is 12.5 Å². The molecule has 0 aromatic heterocycles. The Morgan fingerprint density at radius 2 is 2.23 bits per heavy atom. The van der Waals surface area contributed by atoms with E-state index in [2.05, 4.69) is 0 Å². The number of phenols is 1. The van der Waals surface area contributed by atoms with Gasteiger partial charge in [-0.2, -0.15) is 0 Å². The lowest BCUT2D eigenvalue weighted by Gasteiger charge is -2.05. The van der Waals surface area contributed by atoms with Gasteiger partial charge < -0.3 is 15.9 Å². The minimum atomic E-state index is -1.04. The molecule has 0 aliphatic rings. The van der Waals surface area contributed by atoms with Crippen LogP contribution in [0.2, 0.25) is 0 Å². The van der Waals surface area contributed by atoms with Gasteiger partial charge in [0, 0.05) is 0 Å². The Labute approximate surface area is 75.6 Å². The number of hydrogen-bond acceptors (Lipinski definition) is 3. The molecule has 0 aliphatic carbocycles. The molecule has 0 spiro atoms. The number of rotatable bonds is 3. The zero-order valence-electron chi connectivity index (χ0n) is 6.97. The van der Waals surface area contributed by atoms with E-state index in [1.165, 1.54) is 12.1 Å². The van der Waals surface area contributed by atoms with Crippen LogP contribution in [0.3, 0.4) is 0 Å². The molecule has 4 N–H and O–H groups in total. The summed E-state index contributed by atoms with van der Waals surface area (Å²) in [7, 11) is 0. The number of hydrogen-bond donors (Lipinski definition) is 3. The van der Waals surface area contributed by atoms with Crippen molar-refractivity contribution in [3.63, 3.8) is 0 Å². The van der Waals surface area contributed by atoms with Gasteiger partial charge >= 0.3 is 5.97 Å². The van der Waals surface area contributed by atoms with Crippen molar-refractivity contribution in [1.82, 2.24) is 0 Å². The average molecular weight is 181 g/mol. The van der Waals surface area contributed by atoms with Crippen molar-refractivity contribution in [3.05, 3.63) is 29.8 Å². The fourth-order valence-corrected chi connectivity index (χ4v) is 1.02. The number of carbonyl (C=O) groups is 1. The van der Waals surface area contributed by atoms with Gasteiger partial charge in [-0.05, 0) is 24.1 Å². The second-order valence-electron chi connectivity index (χ2n) is 2.82. The molecule has 0 aliphatic heterocycles. The standard InChI is InChI=1S/C9H11NO3/c10-8(9(12)13)5-6-2-1-3-7(11)4-6/h1-4,8,11H,5,10H2,(H,12,13)/t8-/m0/s1. The van der Waals surface area contributed by atoms with Crippen LogP contribution in [0.25, 0.3) is 0 Å². The molecule has 0 heterocycles. The lowest BCUT2D eigenvalue weighted by molar-refractivity contribution is -0.138. The van der Waals surface area contributed by atoms with E-state index in [1.807, 2.05) is 0 Å². The first-order valence-corrected chi connectivity index (χ1v) is 3.86. The normalized spacial score (nSPS) is 12.4. The highest BCUT2D eigenvalue weighted by atomic mass is 16.4. The van der Waals surface area contributed by atoms with Crippen molar-refractivity contribution in [1.29, 1.82) is 0 Å². The number of nitrogens with two attached hydrogens (primary N) is 1. The molecule has 0 amide bonds. The fourth-order valence-electron chi connectivity index (χ4n) is 1.02. The number of aliphatic carboxylic acids is 1. The van der Waals surface area contributed by atoms with Crippen LogP contribution in [0.15, 0.2) is 24.3 Å². The summed E-state index contributed by atoms with van der Waals surface area (Å²) in [5, 5.41) is 17.6. The third kappa shape index (κ3) is 2.76. The summed E-state index contributed by atoms with van der Waals surface area (Å²) in [4.78, 5) is 10.4. The van der Waals surface area contributed by atoms with Crippen molar-refractivity contribution >= 4 is 5.97 Å². The SMILES string of the molecule is N[C@@H](Cc1cccc(O)c1)C(=O)O. The van der Waals surface area contributed by atoms with E-state index >= 15 is 0 Å². The van der Waals surface area contributed by atoms with E-state index in [1.54, 1.807) is 12.1 Å². The molecule has 4 heteroatoms. The topological polar surface area (TPSA) is 83.5 Å². The minimum absolute atomic E-state index is 0.120. The molecular formula is C9H11NO3. The van der Waals surface area contributed by atoms with Gasteiger partial charge in [-0.3, -0.25) is 4.79 Å². The highest BCUT2D eigenvalue weighted by Gasteiger charge is 2.11. The van der Waals surface area contributed by atoms with Gasteiger partial charge in [0.25, 0.3) is 0 Å². The van der Waals surface area contributed by atoms with Crippen molar-refractivity contribution in [2.24, 2.45) is 5.73 Å². The van der Waals surface area contributed by atoms with Gasteiger partial charge in [0.15, 0.2) is 0 Å². The predicted molar refractivity (Wildman–Crippen MR) is 47.4 cm³/mol. The van der Waals surface area contributed by atoms with Crippen LogP contribution in [0.4, 0.5) is 0 Å². The second kappa shape index (κ2) is 3.91. The van der Waals surface area contributed by atoms with Crippen LogP contribution < -0.4 is 5.73 Å². The first-order valence-electron chi connectivity index (χ1n) is 3.86. The lowest BCUT2D eigenvalue weighted by atomic mass is 10.1. The Hall–Kier alpha value is -1.55. The first kappa shape index (κ1) is 9.54. The maximum Gasteiger partial charge on any atom is 0.320 e. The lowest BCUT2D eigenvalue weighted by Crippen LogP contribution is -2.32. The number of carboxylic acid groups (broad SMARTS) is 1. The first-order chi connectivity index (χ1) is 6.09. The minimum Gasteiger partial charge on any atom is -0.508 e. The summed E-state index contributed by atoms with van der Waals surface area (Å²) in [5.74, 6) is -0.918. The van der Waals surface area contributed by atoms with Crippen LogP contribution in [-0.2, 0) is 11.2 Å². The summed E-state index contributed by atoms with van der Waals surface area (Å²) in [5.41, 5.74) is 6.03. The summed E-state index contributed by atoms with van der Waals surface area (Å²) in [6, 6.07) is 5.49. The Balaban J connectivity index is 2.69. The zero-order chi connectivity index (χ0) is 9.84. The molecule has 1 atom stereocenters. The predicted octanol–water partition coefficient (Wildman–Crippen LogP) is 0.347. The fraction of sp³-hybridized carbons (Fsp3) is 0.222. The van der Waals surface area contributed by atoms with Crippen LogP contribution in [-0.4, -0.2) is 22.2 Å². The van der Waals surface area contributed by atoms with E-state index in [0.717, 1.165) is 5.56 Å². The molecule has 70 valence electrons. The van der Waals surface area contributed by atoms with E-state index in [0.29, 0.717) is 0 Å². The van der Waals surface area contributed by atoms with Gasteiger partial charge in [-0.15, -0.1) is 0 Å². The molecular weight excluding hydrogens is 170 g/mol. The van der Waals surface area contributed by atoms with E-state index < -0.39 is 12.0 Å². The Kier molecular flexibility index (Phi) is 2.87. The molecule has 0 fully saturated rings. The van der Waals surface area contributed by atoms with Crippen molar-refractivity contribution < 1.29 is 15.0 Å². The number of benzene rings is 1. The Morgan fingerprint density at radius 1 is 1.54 bits per heavy atom. The maximum atomic E-state index is 10.4. The van der Waals surface area contributed by atoms with Gasteiger partial charge in [-0.25, -0.2) is 0 Å². The largest absolute Gasteiger partial charge is 0.508 e. The van der Waals surface area contributed by atoms with Crippen molar-refractivity contribution in [2.75, 3.05) is 0 Å². The molecule has 0 saturated carbocycles. The molecule has 0 bridgehead atoms. The molecule has 13 heavy (non-hydrogen) atoms. The molecule has 0 radical (unpaired) electrons. The number of phenolic OH excluding ortho intramolecular Hbond substituents is 1. The monoisotopic (exact) mass is 181 g/mol. The molecule has 0 saturated heterocycles. The van der Waals surface area contributed by atoms with Gasteiger partial charge in [0.05, 0.1) is 0 Å². The van der Waals surface area contributed by atoms with E-state index in [4.69, 9.17) is 15.9 Å². The van der Waals surface area contributed by atoms with Gasteiger partial charge in [-0.1, -0.05) is 12.1 Å². The second-order valence-corrected chi connectivity index (χ2v) is 2.82. The molecule has 0 unspecified atom stereocenters. The molecule has 1 aromatic rings. The Bertz CT molecular complexity index is 311. The maximum absolute atomic E-state index is 10.4. The average Bonchev–Trinajstić information content (AvgIpc) is 2.04. The molecule has 1 aromatic carbocycles. The summed E-state index contributed by atoms with van der Waals surface area (Å²) >= 11 is 0. The molecule has 4 nitrogen and oxygen atoms in total. The number of aromatic hydroxyl groups is 1. The summed E-state index contributed by atoms with van der Waals surface area (Å²) in [6.07, 6.45) is 0.226. The third-order valence-corrected chi connectivity index (χ3v) is 1.68. The quantitative estimate of drug-likeness (QED) is 0.628. The summed E-state index contributed by atoms with van der Waals surface area (Å²) < 4.78 is 0. The van der Waals surface area contributed by atoms with E-state index in [9.17, 15) is 4.79 Å². The van der Waals surface area contributed by atoms with Crippen LogP contribution in [0.5, 0.6) is 5.75 Å². The van der Waals surface area contributed by atoms with Crippen LogP contribution >= 0.6 is 0 Å². The van der Waals surface area contributed by atoms with Crippen LogP contribution in [0.1, 0.15) is 5.56 Å². The number of carboxylic acids is 1.